The fourth-order valence-electron chi connectivity index (χ4n) is 2.95. The molecule has 0 spiro atoms. The molecule has 1 aliphatic rings. The number of likely N-dealkylation sites (N-methyl/N-ethyl adjacent to an activating group) is 1. The van der Waals surface area contributed by atoms with Crippen molar-refractivity contribution in [2.75, 3.05) is 33.3 Å². The zero-order valence-electron chi connectivity index (χ0n) is 13.6. The van der Waals surface area contributed by atoms with Crippen molar-refractivity contribution in [2.45, 2.75) is 32.4 Å². The van der Waals surface area contributed by atoms with E-state index in [0.29, 0.717) is 19.1 Å². The number of amides is 2. The molecule has 1 atom stereocenters. The molecule has 5 heteroatoms. The van der Waals surface area contributed by atoms with Gasteiger partial charge < -0.3 is 15.3 Å². The van der Waals surface area contributed by atoms with Crippen LogP contribution in [0.1, 0.15) is 24.5 Å². The summed E-state index contributed by atoms with van der Waals surface area (Å²) in [4.78, 5) is 15.9. The van der Waals surface area contributed by atoms with Crippen molar-refractivity contribution in [3.05, 3.63) is 35.4 Å². The van der Waals surface area contributed by atoms with Gasteiger partial charge in [0.25, 0.3) is 0 Å². The number of aliphatic hydroxyl groups is 1. The summed E-state index contributed by atoms with van der Waals surface area (Å²) in [5.41, 5.74) is 2.84. The van der Waals surface area contributed by atoms with E-state index in [9.17, 15) is 4.79 Å². The first-order valence-electron chi connectivity index (χ1n) is 8.06. The smallest absolute Gasteiger partial charge is 0.317 e. The second-order valence-electron chi connectivity index (χ2n) is 5.88. The molecule has 2 N–H and O–H groups in total. The highest BCUT2D eigenvalue weighted by Gasteiger charge is 2.22. The Morgan fingerprint density at radius 2 is 2.14 bits per heavy atom. The first-order valence-corrected chi connectivity index (χ1v) is 8.06. The van der Waals surface area contributed by atoms with Gasteiger partial charge in [-0.25, -0.2) is 4.79 Å². The van der Waals surface area contributed by atoms with Crippen LogP contribution in [0.3, 0.4) is 0 Å². The molecular weight excluding hydrogens is 278 g/mol. The molecule has 1 unspecified atom stereocenters. The zero-order valence-corrected chi connectivity index (χ0v) is 13.6. The molecule has 0 bridgehead atoms. The van der Waals surface area contributed by atoms with Crippen LogP contribution in [0.5, 0.6) is 0 Å². The standard InChI is InChI=1S/C17H27N3O2/c1-3-16(12-18-17(22)19(2)10-11-21)20-9-8-14-6-4-5-7-15(14)13-20/h4-7,16,21H,3,8-13H2,1-2H3,(H,18,22). The Hall–Kier alpha value is -1.59. The van der Waals surface area contributed by atoms with E-state index < -0.39 is 0 Å². The molecule has 2 amide bonds. The van der Waals surface area contributed by atoms with Crippen LogP contribution in [-0.2, 0) is 13.0 Å². The number of hydrogen-bond donors (Lipinski definition) is 2. The predicted molar refractivity (Wildman–Crippen MR) is 87.7 cm³/mol. The lowest BCUT2D eigenvalue weighted by molar-refractivity contribution is 0.160. The third-order valence-corrected chi connectivity index (χ3v) is 4.42. The van der Waals surface area contributed by atoms with Gasteiger partial charge in [0.2, 0.25) is 0 Å². The summed E-state index contributed by atoms with van der Waals surface area (Å²) in [5.74, 6) is 0. The van der Waals surface area contributed by atoms with E-state index in [-0.39, 0.29) is 12.6 Å². The number of benzene rings is 1. The number of carbonyl (C=O) groups is 1. The van der Waals surface area contributed by atoms with Gasteiger partial charge in [0.05, 0.1) is 6.61 Å². The SMILES string of the molecule is CCC(CNC(=O)N(C)CCO)N1CCc2ccccc2C1. The number of nitrogens with one attached hydrogen (secondary N) is 1. The average molecular weight is 305 g/mol. The molecule has 122 valence electrons. The first-order chi connectivity index (χ1) is 10.7. The Labute approximate surface area is 132 Å². The Kier molecular flexibility index (Phi) is 6.21. The van der Waals surface area contributed by atoms with Crippen LogP contribution < -0.4 is 5.32 Å². The van der Waals surface area contributed by atoms with E-state index >= 15 is 0 Å². The van der Waals surface area contributed by atoms with Crippen LogP contribution in [0.4, 0.5) is 4.79 Å². The van der Waals surface area contributed by atoms with Crippen molar-refractivity contribution in [3.63, 3.8) is 0 Å². The van der Waals surface area contributed by atoms with Crippen LogP contribution in [0.25, 0.3) is 0 Å². The topological polar surface area (TPSA) is 55.8 Å². The molecule has 1 aliphatic heterocycles. The minimum Gasteiger partial charge on any atom is -0.395 e. The summed E-state index contributed by atoms with van der Waals surface area (Å²) in [6.45, 7) is 5.15. The molecule has 0 radical (unpaired) electrons. The molecular formula is C17H27N3O2. The van der Waals surface area contributed by atoms with Gasteiger partial charge in [0.1, 0.15) is 0 Å². The first kappa shape index (κ1) is 16.8. The summed E-state index contributed by atoms with van der Waals surface area (Å²) in [6.07, 6.45) is 2.08. The second-order valence-corrected chi connectivity index (χ2v) is 5.88. The zero-order chi connectivity index (χ0) is 15.9. The van der Waals surface area contributed by atoms with Crippen LogP contribution in [-0.4, -0.2) is 60.3 Å². The van der Waals surface area contributed by atoms with Gasteiger partial charge in [-0.1, -0.05) is 31.2 Å². The summed E-state index contributed by atoms with van der Waals surface area (Å²) in [7, 11) is 1.70. The maximum absolute atomic E-state index is 11.9. The van der Waals surface area contributed by atoms with Crippen molar-refractivity contribution >= 4 is 6.03 Å². The normalized spacial score (nSPS) is 16.0. The van der Waals surface area contributed by atoms with Gasteiger partial charge in [-0.15, -0.1) is 0 Å². The minimum atomic E-state index is -0.120. The number of rotatable bonds is 6. The molecule has 0 aromatic heterocycles. The number of nitrogens with zero attached hydrogens (tertiary/aromatic N) is 2. The fraction of sp³-hybridized carbons (Fsp3) is 0.588. The molecule has 0 saturated carbocycles. The second kappa shape index (κ2) is 8.15. The molecule has 1 aromatic rings. The van der Waals surface area contributed by atoms with Crippen molar-refractivity contribution < 1.29 is 9.90 Å². The quantitative estimate of drug-likeness (QED) is 0.836. The minimum absolute atomic E-state index is 0.00989. The lowest BCUT2D eigenvalue weighted by Crippen LogP contribution is -2.48. The molecule has 22 heavy (non-hydrogen) atoms. The number of carbonyl (C=O) groups excluding carboxylic acids is 1. The Morgan fingerprint density at radius 3 is 2.82 bits per heavy atom. The van der Waals surface area contributed by atoms with Gasteiger partial charge in [0, 0.05) is 39.3 Å². The van der Waals surface area contributed by atoms with E-state index in [1.54, 1.807) is 7.05 Å². The lowest BCUT2D eigenvalue weighted by atomic mass is 9.98. The average Bonchev–Trinajstić information content (AvgIpc) is 2.55. The molecule has 0 aliphatic carbocycles. The van der Waals surface area contributed by atoms with Crippen LogP contribution in [0.2, 0.25) is 0 Å². The number of urea groups is 1. The van der Waals surface area contributed by atoms with Gasteiger partial charge in [0.15, 0.2) is 0 Å². The highest BCUT2D eigenvalue weighted by molar-refractivity contribution is 5.73. The number of fused-ring (bicyclic) bond motifs is 1. The van der Waals surface area contributed by atoms with Crippen LogP contribution >= 0.6 is 0 Å². The molecule has 1 heterocycles. The molecule has 2 rings (SSSR count). The molecule has 1 aromatic carbocycles. The van der Waals surface area contributed by atoms with E-state index in [1.165, 1.54) is 16.0 Å². The maximum Gasteiger partial charge on any atom is 0.317 e. The third-order valence-electron chi connectivity index (χ3n) is 4.42. The fourth-order valence-corrected chi connectivity index (χ4v) is 2.95. The van der Waals surface area contributed by atoms with E-state index in [2.05, 4.69) is 41.4 Å². The van der Waals surface area contributed by atoms with Gasteiger partial charge >= 0.3 is 6.03 Å². The maximum atomic E-state index is 11.9. The Morgan fingerprint density at radius 1 is 1.41 bits per heavy atom. The van der Waals surface area contributed by atoms with E-state index in [4.69, 9.17) is 5.11 Å². The molecule has 5 nitrogen and oxygen atoms in total. The van der Waals surface area contributed by atoms with Crippen molar-refractivity contribution in [2.24, 2.45) is 0 Å². The van der Waals surface area contributed by atoms with Crippen LogP contribution in [0.15, 0.2) is 24.3 Å². The lowest BCUT2D eigenvalue weighted by Gasteiger charge is -2.35. The predicted octanol–water partition coefficient (Wildman–Crippen LogP) is 1.46. The van der Waals surface area contributed by atoms with Crippen molar-refractivity contribution in [1.82, 2.24) is 15.1 Å². The number of aliphatic hydroxyl groups excluding tert-OH is 1. The summed E-state index contributed by atoms with van der Waals surface area (Å²) in [5, 5.41) is 11.8. The van der Waals surface area contributed by atoms with Gasteiger partial charge in [-0.05, 0) is 24.0 Å². The summed E-state index contributed by atoms with van der Waals surface area (Å²) >= 11 is 0. The summed E-state index contributed by atoms with van der Waals surface area (Å²) < 4.78 is 0. The van der Waals surface area contributed by atoms with E-state index in [0.717, 1.165) is 25.9 Å². The van der Waals surface area contributed by atoms with Crippen LogP contribution in [0, 0.1) is 0 Å². The highest BCUT2D eigenvalue weighted by atomic mass is 16.3. The largest absolute Gasteiger partial charge is 0.395 e. The highest BCUT2D eigenvalue weighted by Crippen LogP contribution is 2.21. The molecule has 0 saturated heterocycles. The Balaban J connectivity index is 1.89. The Bertz CT molecular complexity index is 493. The van der Waals surface area contributed by atoms with Crippen molar-refractivity contribution in [3.8, 4) is 0 Å². The van der Waals surface area contributed by atoms with Gasteiger partial charge in [-0.2, -0.15) is 0 Å². The summed E-state index contributed by atoms with van der Waals surface area (Å²) in [6, 6.07) is 8.82. The van der Waals surface area contributed by atoms with E-state index in [1.807, 2.05) is 0 Å². The van der Waals surface area contributed by atoms with Gasteiger partial charge in [-0.3, -0.25) is 4.90 Å². The third kappa shape index (κ3) is 4.21. The monoisotopic (exact) mass is 305 g/mol. The van der Waals surface area contributed by atoms with Crippen molar-refractivity contribution in [1.29, 1.82) is 0 Å². The number of hydrogen-bond acceptors (Lipinski definition) is 3. The molecule has 0 fully saturated rings.